The van der Waals surface area contributed by atoms with E-state index in [2.05, 4.69) is 0 Å². The highest BCUT2D eigenvalue weighted by Gasteiger charge is 2.73. The SMILES string of the molecule is BC(=O)N1C2CCCC23CC3[C@H]1C(=O)O. The Morgan fingerprint density at radius 2 is 2.20 bits per heavy atom. The molecule has 80 valence electrons. The maximum atomic E-state index is 11.5. The van der Waals surface area contributed by atoms with Gasteiger partial charge in [0, 0.05) is 6.04 Å². The minimum atomic E-state index is -0.818. The molecule has 3 unspecified atom stereocenters. The van der Waals surface area contributed by atoms with Gasteiger partial charge in [-0.3, -0.25) is 4.79 Å². The Bertz CT molecular complexity index is 359. The van der Waals surface area contributed by atoms with Crippen molar-refractivity contribution in [1.29, 1.82) is 0 Å². The Morgan fingerprint density at radius 1 is 1.47 bits per heavy atom. The summed E-state index contributed by atoms with van der Waals surface area (Å²) in [7, 11) is 1.49. The van der Waals surface area contributed by atoms with Gasteiger partial charge in [0.05, 0.1) is 0 Å². The zero-order valence-electron chi connectivity index (χ0n) is 8.77. The number of carbonyl (C=O) groups is 2. The summed E-state index contributed by atoms with van der Waals surface area (Å²) in [4.78, 5) is 24.4. The number of carbonyl (C=O) groups excluding carboxylic acids is 1. The summed E-state index contributed by atoms with van der Waals surface area (Å²) in [6.07, 6.45) is 4.30. The van der Waals surface area contributed by atoms with Crippen molar-refractivity contribution < 1.29 is 14.7 Å². The lowest BCUT2D eigenvalue weighted by atomic mass is 9.99. The van der Waals surface area contributed by atoms with Crippen LogP contribution in [0.3, 0.4) is 0 Å². The van der Waals surface area contributed by atoms with Crippen molar-refractivity contribution in [1.82, 2.24) is 4.90 Å². The van der Waals surface area contributed by atoms with Crippen LogP contribution in [-0.2, 0) is 4.79 Å². The second kappa shape index (κ2) is 2.57. The first kappa shape index (κ1) is 9.25. The molecule has 4 atom stereocenters. The maximum Gasteiger partial charge on any atom is 0.326 e. The van der Waals surface area contributed by atoms with Crippen LogP contribution in [0.5, 0.6) is 0 Å². The molecule has 1 heterocycles. The number of carboxylic acids is 1. The molecule has 1 spiro atoms. The van der Waals surface area contributed by atoms with Gasteiger partial charge in [0.1, 0.15) is 6.04 Å². The molecule has 5 heteroatoms. The number of aliphatic carboxylic acids is 1. The van der Waals surface area contributed by atoms with E-state index in [4.69, 9.17) is 0 Å². The van der Waals surface area contributed by atoms with Crippen molar-refractivity contribution in [3.05, 3.63) is 0 Å². The Morgan fingerprint density at radius 3 is 2.80 bits per heavy atom. The lowest BCUT2D eigenvalue weighted by Crippen LogP contribution is -2.47. The van der Waals surface area contributed by atoms with Gasteiger partial charge in [-0.1, -0.05) is 6.42 Å². The van der Waals surface area contributed by atoms with Crippen LogP contribution in [0.4, 0.5) is 4.79 Å². The zero-order chi connectivity index (χ0) is 10.8. The van der Waals surface area contributed by atoms with Crippen molar-refractivity contribution in [3.63, 3.8) is 0 Å². The Balaban J connectivity index is 1.98. The number of piperidine rings is 1. The van der Waals surface area contributed by atoms with Crippen LogP contribution in [0.25, 0.3) is 0 Å². The predicted molar refractivity (Wildman–Crippen MR) is 55.4 cm³/mol. The monoisotopic (exact) mass is 207 g/mol. The van der Waals surface area contributed by atoms with Gasteiger partial charge in [0.25, 0.3) is 0 Å². The van der Waals surface area contributed by atoms with E-state index in [1.54, 1.807) is 4.90 Å². The molecular formula is C10H14BNO3. The van der Waals surface area contributed by atoms with Gasteiger partial charge in [-0.25, -0.2) is 4.79 Å². The maximum absolute atomic E-state index is 11.5. The van der Waals surface area contributed by atoms with E-state index in [9.17, 15) is 14.7 Å². The summed E-state index contributed by atoms with van der Waals surface area (Å²) in [6, 6.07) is -0.311. The first-order chi connectivity index (χ1) is 7.08. The van der Waals surface area contributed by atoms with E-state index in [1.807, 2.05) is 0 Å². The number of likely N-dealkylation sites (tertiary alicyclic amines) is 1. The molecule has 0 bridgehead atoms. The van der Waals surface area contributed by atoms with Gasteiger partial charge < -0.3 is 10.0 Å². The molecule has 3 fully saturated rings. The Hall–Kier alpha value is -0.995. The predicted octanol–water partition coefficient (Wildman–Crippen LogP) is 0.0671. The third kappa shape index (κ3) is 0.937. The number of amides is 1. The van der Waals surface area contributed by atoms with Crippen molar-refractivity contribution in [2.45, 2.75) is 37.8 Å². The van der Waals surface area contributed by atoms with Crippen LogP contribution in [0.2, 0.25) is 0 Å². The lowest BCUT2D eigenvalue weighted by Gasteiger charge is -2.30. The molecule has 3 rings (SSSR count). The largest absolute Gasteiger partial charge is 0.480 e. The van der Waals surface area contributed by atoms with E-state index in [1.165, 1.54) is 7.85 Å². The topological polar surface area (TPSA) is 57.6 Å². The number of hydrogen-bond acceptors (Lipinski definition) is 2. The van der Waals surface area contributed by atoms with Crippen LogP contribution in [0.15, 0.2) is 0 Å². The van der Waals surface area contributed by atoms with Crippen molar-refractivity contribution in [3.8, 4) is 0 Å². The lowest BCUT2D eigenvalue weighted by molar-refractivity contribution is -0.142. The Kier molecular flexibility index (Phi) is 1.58. The highest BCUT2D eigenvalue weighted by Crippen LogP contribution is 2.70. The molecule has 1 amide bonds. The summed E-state index contributed by atoms with van der Waals surface area (Å²) in [5, 5.41) is 9.19. The summed E-state index contributed by atoms with van der Waals surface area (Å²) in [5.41, 5.74) is 0.203. The standard InChI is InChI=1S/C10H14BNO3/c11-9(15)12-6-2-1-3-10(6)4-5(10)7(12)8(13)14/h5-7H,1-4,11H2,(H,13,14)/t5?,6?,7-,10?/m0/s1. The fourth-order valence-electron chi connectivity index (χ4n) is 4.04. The fraction of sp³-hybridized carbons (Fsp3) is 0.800. The minimum absolute atomic E-state index is 0.0686. The molecule has 0 aromatic heterocycles. The summed E-state index contributed by atoms with van der Waals surface area (Å²) < 4.78 is 0. The smallest absolute Gasteiger partial charge is 0.326 e. The van der Waals surface area contributed by atoms with Gasteiger partial charge in [-0.15, -0.1) is 0 Å². The summed E-state index contributed by atoms with van der Waals surface area (Å²) in [5.74, 6) is -0.645. The molecule has 3 aliphatic rings. The Labute approximate surface area is 89.0 Å². The van der Waals surface area contributed by atoms with Crippen molar-refractivity contribution in [2.75, 3.05) is 0 Å². The van der Waals surface area contributed by atoms with E-state index in [0.29, 0.717) is 0 Å². The molecule has 1 saturated heterocycles. The fourth-order valence-corrected chi connectivity index (χ4v) is 4.04. The van der Waals surface area contributed by atoms with Gasteiger partial charge in [0.15, 0.2) is 5.81 Å². The molecule has 15 heavy (non-hydrogen) atoms. The van der Waals surface area contributed by atoms with E-state index >= 15 is 0 Å². The molecular weight excluding hydrogens is 193 g/mol. The second-order valence-electron chi connectivity index (χ2n) is 5.16. The first-order valence-corrected chi connectivity index (χ1v) is 5.59. The zero-order valence-corrected chi connectivity index (χ0v) is 8.77. The molecule has 2 aliphatic carbocycles. The molecule has 2 saturated carbocycles. The van der Waals surface area contributed by atoms with E-state index in [0.717, 1.165) is 25.7 Å². The van der Waals surface area contributed by atoms with Gasteiger partial charge >= 0.3 is 5.97 Å². The van der Waals surface area contributed by atoms with Gasteiger partial charge in [-0.05, 0) is 30.6 Å². The minimum Gasteiger partial charge on any atom is -0.480 e. The normalized spacial score (nSPS) is 46.1. The quantitative estimate of drug-likeness (QED) is 0.619. The molecule has 0 radical (unpaired) electrons. The molecule has 1 aliphatic heterocycles. The number of hydrogen-bond donors (Lipinski definition) is 1. The second-order valence-corrected chi connectivity index (χ2v) is 5.16. The van der Waals surface area contributed by atoms with E-state index in [-0.39, 0.29) is 23.2 Å². The number of rotatable bonds is 1. The van der Waals surface area contributed by atoms with Crippen molar-refractivity contribution in [2.24, 2.45) is 11.3 Å². The van der Waals surface area contributed by atoms with Crippen LogP contribution in [-0.4, -0.2) is 41.7 Å². The van der Waals surface area contributed by atoms with Crippen LogP contribution >= 0.6 is 0 Å². The van der Waals surface area contributed by atoms with Crippen LogP contribution in [0, 0.1) is 11.3 Å². The third-order valence-corrected chi connectivity index (χ3v) is 4.59. The summed E-state index contributed by atoms with van der Waals surface area (Å²) >= 11 is 0. The van der Waals surface area contributed by atoms with Crippen molar-refractivity contribution >= 4 is 19.6 Å². The average Bonchev–Trinajstić information content (AvgIpc) is 2.56. The van der Waals surface area contributed by atoms with Crippen LogP contribution < -0.4 is 0 Å². The van der Waals surface area contributed by atoms with E-state index < -0.39 is 12.0 Å². The average molecular weight is 207 g/mol. The number of carboxylic acid groups (broad SMARTS) is 1. The molecule has 0 aromatic rings. The molecule has 4 nitrogen and oxygen atoms in total. The highest BCUT2D eigenvalue weighted by molar-refractivity contribution is 6.57. The molecule has 0 aromatic carbocycles. The van der Waals surface area contributed by atoms with Crippen LogP contribution in [0.1, 0.15) is 25.7 Å². The summed E-state index contributed by atoms with van der Waals surface area (Å²) in [6.45, 7) is 0. The highest BCUT2D eigenvalue weighted by atomic mass is 16.4. The van der Waals surface area contributed by atoms with Gasteiger partial charge in [-0.2, -0.15) is 0 Å². The molecule has 1 N–H and O–H groups in total. The third-order valence-electron chi connectivity index (χ3n) is 4.59. The number of nitrogens with zero attached hydrogens (tertiary/aromatic N) is 1. The first-order valence-electron chi connectivity index (χ1n) is 5.59. The van der Waals surface area contributed by atoms with Gasteiger partial charge in [0.2, 0.25) is 7.85 Å².